The molecule has 0 fully saturated rings. The summed E-state index contributed by atoms with van der Waals surface area (Å²) < 4.78 is 2.00. The highest BCUT2D eigenvalue weighted by Crippen LogP contribution is 2.18. The summed E-state index contributed by atoms with van der Waals surface area (Å²) in [4.78, 5) is 8.83. The second-order valence-electron chi connectivity index (χ2n) is 5.55. The fourth-order valence-electron chi connectivity index (χ4n) is 2.46. The van der Waals surface area contributed by atoms with E-state index in [0.29, 0.717) is 6.54 Å². The van der Waals surface area contributed by atoms with E-state index in [9.17, 15) is 0 Å². The standard InChI is InChI=1S/C17H20N6/c1-11-12(2)19-13(3)20-16(11)18-10-15-21-22-17(23(15)4)14-8-6-5-7-9-14/h5-9H,10H2,1-4H3,(H,18,19,20). The lowest BCUT2D eigenvalue weighted by Gasteiger charge is -2.11. The molecular weight excluding hydrogens is 288 g/mol. The molecule has 0 unspecified atom stereocenters. The Balaban J connectivity index is 1.81. The lowest BCUT2D eigenvalue weighted by atomic mass is 10.2. The van der Waals surface area contributed by atoms with Crippen LogP contribution >= 0.6 is 0 Å². The molecule has 1 N–H and O–H groups in total. The highest BCUT2D eigenvalue weighted by atomic mass is 15.3. The van der Waals surface area contributed by atoms with Crippen molar-refractivity contribution in [3.63, 3.8) is 0 Å². The van der Waals surface area contributed by atoms with E-state index in [1.54, 1.807) is 0 Å². The molecule has 0 bridgehead atoms. The first-order valence-electron chi connectivity index (χ1n) is 7.55. The molecule has 6 nitrogen and oxygen atoms in total. The normalized spacial score (nSPS) is 10.8. The molecule has 118 valence electrons. The van der Waals surface area contributed by atoms with E-state index >= 15 is 0 Å². The Bertz CT molecular complexity index is 823. The van der Waals surface area contributed by atoms with Gasteiger partial charge in [-0.25, -0.2) is 9.97 Å². The molecule has 0 aliphatic rings. The smallest absolute Gasteiger partial charge is 0.163 e. The molecule has 0 spiro atoms. The average molecular weight is 308 g/mol. The van der Waals surface area contributed by atoms with Crippen molar-refractivity contribution >= 4 is 5.82 Å². The van der Waals surface area contributed by atoms with Crippen LogP contribution in [0.4, 0.5) is 5.82 Å². The maximum atomic E-state index is 4.46. The van der Waals surface area contributed by atoms with Crippen LogP contribution in [0.2, 0.25) is 0 Å². The monoisotopic (exact) mass is 308 g/mol. The molecule has 3 rings (SSSR count). The first-order chi connectivity index (χ1) is 11.1. The van der Waals surface area contributed by atoms with Gasteiger partial charge in [0.05, 0.1) is 6.54 Å². The Hall–Kier alpha value is -2.76. The predicted molar refractivity (Wildman–Crippen MR) is 90.0 cm³/mol. The van der Waals surface area contributed by atoms with Crippen LogP contribution in [0.1, 0.15) is 22.9 Å². The Morgan fingerprint density at radius 3 is 2.48 bits per heavy atom. The van der Waals surface area contributed by atoms with Gasteiger partial charge in [0.2, 0.25) is 0 Å². The Labute approximate surface area is 135 Å². The second-order valence-corrected chi connectivity index (χ2v) is 5.55. The van der Waals surface area contributed by atoms with Crippen LogP contribution in [0.5, 0.6) is 0 Å². The predicted octanol–water partition coefficient (Wildman–Crippen LogP) is 2.81. The summed E-state index contributed by atoms with van der Waals surface area (Å²) >= 11 is 0. The molecule has 2 heterocycles. The van der Waals surface area contributed by atoms with Gasteiger partial charge in [-0.3, -0.25) is 0 Å². The van der Waals surface area contributed by atoms with Crippen molar-refractivity contribution in [2.24, 2.45) is 7.05 Å². The van der Waals surface area contributed by atoms with E-state index in [1.807, 2.05) is 62.7 Å². The molecular formula is C17H20N6. The van der Waals surface area contributed by atoms with Crippen LogP contribution in [0.25, 0.3) is 11.4 Å². The van der Waals surface area contributed by atoms with Gasteiger partial charge in [0.15, 0.2) is 11.6 Å². The Morgan fingerprint density at radius 1 is 1.00 bits per heavy atom. The first-order valence-corrected chi connectivity index (χ1v) is 7.55. The third kappa shape index (κ3) is 3.06. The fourth-order valence-corrected chi connectivity index (χ4v) is 2.46. The van der Waals surface area contributed by atoms with Gasteiger partial charge in [-0.15, -0.1) is 10.2 Å². The van der Waals surface area contributed by atoms with Crippen molar-refractivity contribution in [1.82, 2.24) is 24.7 Å². The van der Waals surface area contributed by atoms with Crippen molar-refractivity contribution in [1.29, 1.82) is 0 Å². The maximum absolute atomic E-state index is 4.46. The summed E-state index contributed by atoms with van der Waals surface area (Å²) in [5.41, 5.74) is 3.10. The molecule has 0 saturated heterocycles. The number of benzene rings is 1. The average Bonchev–Trinajstić information content (AvgIpc) is 2.91. The summed E-state index contributed by atoms with van der Waals surface area (Å²) in [6.45, 7) is 6.47. The summed E-state index contributed by atoms with van der Waals surface area (Å²) in [6, 6.07) is 10.0. The van der Waals surface area contributed by atoms with Crippen molar-refractivity contribution < 1.29 is 0 Å². The van der Waals surface area contributed by atoms with Crippen LogP contribution in [0, 0.1) is 20.8 Å². The van der Waals surface area contributed by atoms with Gasteiger partial charge in [-0.2, -0.15) is 0 Å². The summed E-state index contributed by atoms with van der Waals surface area (Å²) in [5.74, 6) is 3.32. The van der Waals surface area contributed by atoms with Crippen LogP contribution in [-0.2, 0) is 13.6 Å². The summed E-state index contributed by atoms with van der Waals surface area (Å²) in [6.07, 6.45) is 0. The van der Waals surface area contributed by atoms with Crippen molar-refractivity contribution in [2.75, 3.05) is 5.32 Å². The molecule has 0 saturated carbocycles. The lowest BCUT2D eigenvalue weighted by molar-refractivity contribution is 0.812. The molecule has 6 heteroatoms. The van der Waals surface area contributed by atoms with Gasteiger partial charge in [0.25, 0.3) is 0 Å². The van der Waals surface area contributed by atoms with E-state index in [1.165, 1.54) is 0 Å². The van der Waals surface area contributed by atoms with Crippen LogP contribution in [0.15, 0.2) is 30.3 Å². The summed E-state index contributed by atoms with van der Waals surface area (Å²) in [5, 5.41) is 11.9. The number of nitrogens with zero attached hydrogens (tertiary/aromatic N) is 5. The van der Waals surface area contributed by atoms with E-state index in [0.717, 1.165) is 40.1 Å². The van der Waals surface area contributed by atoms with E-state index in [-0.39, 0.29) is 0 Å². The topological polar surface area (TPSA) is 68.5 Å². The molecule has 2 aromatic heterocycles. The third-order valence-corrected chi connectivity index (χ3v) is 3.91. The number of rotatable bonds is 4. The van der Waals surface area contributed by atoms with Crippen molar-refractivity contribution in [3.05, 3.63) is 53.2 Å². The number of hydrogen-bond acceptors (Lipinski definition) is 5. The molecule has 0 radical (unpaired) electrons. The minimum atomic E-state index is 0.563. The van der Waals surface area contributed by atoms with Crippen LogP contribution in [-0.4, -0.2) is 24.7 Å². The van der Waals surface area contributed by atoms with Crippen molar-refractivity contribution in [2.45, 2.75) is 27.3 Å². The van der Waals surface area contributed by atoms with Gasteiger partial charge < -0.3 is 9.88 Å². The van der Waals surface area contributed by atoms with E-state index in [2.05, 4.69) is 25.5 Å². The molecule has 0 aliphatic carbocycles. The van der Waals surface area contributed by atoms with E-state index < -0.39 is 0 Å². The van der Waals surface area contributed by atoms with Gasteiger partial charge in [-0.1, -0.05) is 30.3 Å². The zero-order chi connectivity index (χ0) is 16.4. The highest BCUT2D eigenvalue weighted by molar-refractivity contribution is 5.55. The number of nitrogens with one attached hydrogen (secondary N) is 1. The molecule has 3 aromatic rings. The first kappa shape index (κ1) is 15.1. The lowest BCUT2D eigenvalue weighted by Crippen LogP contribution is -2.10. The van der Waals surface area contributed by atoms with Crippen LogP contribution in [0.3, 0.4) is 0 Å². The van der Waals surface area contributed by atoms with Crippen LogP contribution < -0.4 is 5.32 Å². The number of hydrogen-bond donors (Lipinski definition) is 1. The molecule has 0 amide bonds. The molecule has 0 atom stereocenters. The van der Waals surface area contributed by atoms with E-state index in [4.69, 9.17) is 0 Å². The Morgan fingerprint density at radius 2 is 1.74 bits per heavy atom. The van der Waals surface area contributed by atoms with Gasteiger partial charge in [0, 0.05) is 23.9 Å². The zero-order valence-corrected chi connectivity index (χ0v) is 13.8. The van der Waals surface area contributed by atoms with Crippen molar-refractivity contribution in [3.8, 4) is 11.4 Å². The quantitative estimate of drug-likeness (QED) is 0.802. The number of aryl methyl sites for hydroxylation is 2. The maximum Gasteiger partial charge on any atom is 0.163 e. The highest BCUT2D eigenvalue weighted by Gasteiger charge is 2.11. The fraction of sp³-hybridized carbons (Fsp3) is 0.294. The number of aromatic nitrogens is 5. The van der Waals surface area contributed by atoms with Gasteiger partial charge in [0.1, 0.15) is 11.6 Å². The van der Waals surface area contributed by atoms with Gasteiger partial charge in [-0.05, 0) is 20.8 Å². The molecule has 0 aliphatic heterocycles. The Kier molecular flexibility index (Phi) is 4.06. The molecule has 1 aromatic carbocycles. The zero-order valence-electron chi connectivity index (χ0n) is 13.8. The number of anilines is 1. The SMILES string of the molecule is Cc1nc(C)c(C)c(NCc2nnc(-c3ccccc3)n2C)n1. The minimum absolute atomic E-state index is 0.563. The third-order valence-electron chi connectivity index (χ3n) is 3.91. The summed E-state index contributed by atoms with van der Waals surface area (Å²) in [7, 11) is 1.97. The second kappa shape index (κ2) is 6.16. The minimum Gasteiger partial charge on any atom is -0.362 e. The largest absolute Gasteiger partial charge is 0.362 e. The molecule has 23 heavy (non-hydrogen) atoms. The van der Waals surface area contributed by atoms with Gasteiger partial charge >= 0.3 is 0 Å².